The van der Waals surface area contributed by atoms with Gasteiger partial charge >= 0.3 is 0 Å². The largest absolute Gasteiger partial charge is 0.393 e. The molecule has 2 rings (SSSR count). The molecule has 0 saturated heterocycles. The molecule has 1 aromatic rings. The summed E-state index contributed by atoms with van der Waals surface area (Å²) in [5.74, 6) is 0.370. The Morgan fingerprint density at radius 3 is 2.79 bits per heavy atom. The standard InChI is InChI=1S/C16H21NO2/c1-11-3-4-14(12(2)7-11)5-6-16(19)17-10-13-8-15(18)9-13/h3-7,13,15,18H,8-10H2,1-2H3,(H,17,19). The number of rotatable bonds is 4. The molecule has 0 heterocycles. The van der Waals surface area contributed by atoms with Gasteiger partial charge in [-0.3, -0.25) is 4.79 Å². The first-order chi connectivity index (χ1) is 9.04. The third-order valence-electron chi connectivity index (χ3n) is 3.62. The van der Waals surface area contributed by atoms with E-state index in [9.17, 15) is 4.79 Å². The second-order valence-electron chi connectivity index (χ2n) is 5.43. The van der Waals surface area contributed by atoms with Crippen LogP contribution < -0.4 is 5.32 Å². The molecule has 0 aromatic heterocycles. The molecule has 0 spiro atoms. The Labute approximate surface area is 114 Å². The lowest BCUT2D eigenvalue weighted by Gasteiger charge is -2.31. The Hall–Kier alpha value is -1.61. The third-order valence-corrected chi connectivity index (χ3v) is 3.62. The molecule has 3 nitrogen and oxygen atoms in total. The number of benzene rings is 1. The number of carbonyl (C=O) groups is 1. The molecule has 0 atom stereocenters. The minimum absolute atomic E-state index is 0.0682. The summed E-state index contributed by atoms with van der Waals surface area (Å²) in [6.07, 6.45) is 4.88. The number of hydrogen-bond acceptors (Lipinski definition) is 2. The van der Waals surface area contributed by atoms with Crippen molar-refractivity contribution in [2.75, 3.05) is 6.54 Å². The van der Waals surface area contributed by atoms with Gasteiger partial charge in [0.15, 0.2) is 0 Å². The number of aliphatic hydroxyl groups excluding tert-OH is 1. The van der Waals surface area contributed by atoms with Crippen LogP contribution in [0.1, 0.15) is 29.5 Å². The Morgan fingerprint density at radius 1 is 1.42 bits per heavy atom. The second kappa shape index (κ2) is 6.02. The Balaban J connectivity index is 1.82. The molecular formula is C16H21NO2. The summed E-state index contributed by atoms with van der Waals surface area (Å²) in [6, 6.07) is 6.17. The zero-order valence-electron chi connectivity index (χ0n) is 11.5. The molecule has 1 saturated carbocycles. The first kappa shape index (κ1) is 13.8. The van der Waals surface area contributed by atoms with Gasteiger partial charge in [0.05, 0.1) is 6.10 Å². The van der Waals surface area contributed by atoms with E-state index in [1.165, 1.54) is 11.1 Å². The Morgan fingerprint density at radius 2 is 2.16 bits per heavy atom. The highest BCUT2D eigenvalue weighted by molar-refractivity contribution is 5.91. The van der Waals surface area contributed by atoms with Crippen molar-refractivity contribution in [3.05, 3.63) is 41.0 Å². The number of aryl methyl sites for hydroxylation is 2. The van der Waals surface area contributed by atoms with E-state index < -0.39 is 0 Å². The molecule has 0 aliphatic heterocycles. The normalized spacial score (nSPS) is 22.3. The van der Waals surface area contributed by atoms with Gasteiger partial charge in [-0.2, -0.15) is 0 Å². The van der Waals surface area contributed by atoms with Crippen LogP contribution in [0.3, 0.4) is 0 Å². The fraction of sp³-hybridized carbons (Fsp3) is 0.438. The average Bonchev–Trinajstić information content (AvgIpc) is 2.32. The van der Waals surface area contributed by atoms with Crippen molar-refractivity contribution in [1.82, 2.24) is 5.32 Å². The predicted molar refractivity (Wildman–Crippen MR) is 76.7 cm³/mol. The Bertz CT molecular complexity index is 488. The number of hydrogen-bond donors (Lipinski definition) is 2. The summed E-state index contributed by atoms with van der Waals surface area (Å²) in [7, 11) is 0. The molecule has 2 N–H and O–H groups in total. The minimum atomic E-state index is -0.160. The van der Waals surface area contributed by atoms with Crippen LogP contribution in [0, 0.1) is 19.8 Å². The van der Waals surface area contributed by atoms with Crippen LogP contribution in [-0.4, -0.2) is 23.7 Å². The van der Waals surface area contributed by atoms with Crippen molar-refractivity contribution in [2.45, 2.75) is 32.8 Å². The summed E-state index contributed by atoms with van der Waals surface area (Å²) in [4.78, 5) is 11.7. The fourth-order valence-corrected chi connectivity index (χ4v) is 2.35. The fourth-order valence-electron chi connectivity index (χ4n) is 2.35. The van der Waals surface area contributed by atoms with E-state index in [4.69, 9.17) is 5.11 Å². The van der Waals surface area contributed by atoms with Crippen LogP contribution in [0.5, 0.6) is 0 Å². The van der Waals surface area contributed by atoms with Crippen molar-refractivity contribution < 1.29 is 9.90 Å². The molecule has 1 fully saturated rings. The number of carbonyl (C=O) groups excluding carboxylic acids is 1. The van der Waals surface area contributed by atoms with Gasteiger partial charge in [0, 0.05) is 12.6 Å². The van der Waals surface area contributed by atoms with E-state index in [1.807, 2.05) is 25.1 Å². The Kier molecular flexibility index (Phi) is 4.38. The summed E-state index contributed by atoms with van der Waals surface area (Å²) in [5.41, 5.74) is 3.47. The van der Waals surface area contributed by atoms with Crippen molar-refractivity contribution in [3.8, 4) is 0 Å². The lowest BCUT2D eigenvalue weighted by Crippen LogP contribution is -2.37. The molecular weight excluding hydrogens is 238 g/mol. The van der Waals surface area contributed by atoms with Gasteiger partial charge in [0.25, 0.3) is 0 Å². The van der Waals surface area contributed by atoms with Crippen molar-refractivity contribution in [2.24, 2.45) is 5.92 Å². The van der Waals surface area contributed by atoms with E-state index >= 15 is 0 Å². The highest BCUT2D eigenvalue weighted by Crippen LogP contribution is 2.26. The minimum Gasteiger partial charge on any atom is -0.393 e. The van der Waals surface area contributed by atoms with E-state index in [1.54, 1.807) is 6.08 Å². The first-order valence-electron chi connectivity index (χ1n) is 6.76. The van der Waals surface area contributed by atoms with Gasteiger partial charge in [-0.15, -0.1) is 0 Å². The average molecular weight is 259 g/mol. The lowest BCUT2D eigenvalue weighted by atomic mass is 9.82. The van der Waals surface area contributed by atoms with Gasteiger partial charge in [-0.1, -0.05) is 23.8 Å². The first-order valence-corrected chi connectivity index (χ1v) is 6.76. The highest BCUT2D eigenvalue weighted by atomic mass is 16.3. The summed E-state index contributed by atoms with van der Waals surface area (Å²) < 4.78 is 0. The van der Waals surface area contributed by atoms with Crippen LogP contribution in [0.2, 0.25) is 0 Å². The van der Waals surface area contributed by atoms with Crippen LogP contribution in [0.25, 0.3) is 6.08 Å². The molecule has 0 unspecified atom stereocenters. The predicted octanol–water partition coefficient (Wildman–Crippen LogP) is 2.20. The monoisotopic (exact) mass is 259 g/mol. The number of aliphatic hydroxyl groups is 1. The molecule has 1 aromatic carbocycles. The zero-order chi connectivity index (χ0) is 13.8. The molecule has 102 valence electrons. The molecule has 0 bridgehead atoms. The molecule has 3 heteroatoms. The van der Waals surface area contributed by atoms with Gasteiger partial charge in [0.2, 0.25) is 5.91 Å². The maximum atomic E-state index is 11.7. The molecule has 1 aliphatic rings. The molecule has 19 heavy (non-hydrogen) atoms. The number of amides is 1. The maximum Gasteiger partial charge on any atom is 0.244 e. The van der Waals surface area contributed by atoms with Crippen molar-refractivity contribution in [3.63, 3.8) is 0 Å². The molecule has 1 aliphatic carbocycles. The van der Waals surface area contributed by atoms with Crippen molar-refractivity contribution >= 4 is 12.0 Å². The van der Waals surface area contributed by atoms with Crippen LogP contribution >= 0.6 is 0 Å². The molecule has 1 amide bonds. The second-order valence-corrected chi connectivity index (χ2v) is 5.43. The van der Waals surface area contributed by atoms with Crippen LogP contribution in [-0.2, 0) is 4.79 Å². The summed E-state index contributed by atoms with van der Waals surface area (Å²) in [5, 5.41) is 12.0. The summed E-state index contributed by atoms with van der Waals surface area (Å²) >= 11 is 0. The third kappa shape index (κ3) is 3.93. The van der Waals surface area contributed by atoms with Gasteiger partial charge < -0.3 is 10.4 Å². The SMILES string of the molecule is Cc1ccc(C=CC(=O)NCC2CC(O)C2)c(C)c1. The molecule has 0 radical (unpaired) electrons. The quantitative estimate of drug-likeness (QED) is 0.814. The smallest absolute Gasteiger partial charge is 0.244 e. The van der Waals surface area contributed by atoms with E-state index in [2.05, 4.69) is 18.3 Å². The highest BCUT2D eigenvalue weighted by Gasteiger charge is 2.26. The van der Waals surface area contributed by atoms with Crippen molar-refractivity contribution in [1.29, 1.82) is 0 Å². The summed E-state index contributed by atoms with van der Waals surface area (Å²) in [6.45, 7) is 4.76. The van der Waals surface area contributed by atoms with E-state index in [-0.39, 0.29) is 12.0 Å². The van der Waals surface area contributed by atoms with E-state index in [0.717, 1.165) is 18.4 Å². The lowest BCUT2D eigenvalue weighted by molar-refractivity contribution is -0.117. The van der Waals surface area contributed by atoms with Crippen LogP contribution in [0.15, 0.2) is 24.3 Å². The topological polar surface area (TPSA) is 49.3 Å². The zero-order valence-corrected chi connectivity index (χ0v) is 11.5. The van der Waals surface area contributed by atoms with Gasteiger partial charge in [-0.05, 0) is 49.8 Å². The van der Waals surface area contributed by atoms with Gasteiger partial charge in [0.1, 0.15) is 0 Å². The maximum absolute atomic E-state index is 11.7. The van der Waals surface area contributed by atoms with E-state index in [0.29, 0.717) is 12.5 Å². The number of nitrogens with one attached hydrogen (secondary N) is 1. The van der Waals surface area contributed by atoms with Gasteiger partial charge in [-0.25, -0.2) is 0 Å². The van der Waals surface area contributed by atoms with Crippen LogP contribution in [0.4, 0.5) is 0 Å².